The van der Waals surface area contributed by atoms with Gasteiger partial charge in [0.05, 0.1) is 11.3 Å². The quantitative estimate of drug-likeness (QED) is 0.558. The Labute approximate surface area is 180 Å². The molecule has 1 aliphatic rings. The molecule has 150 valence electrons. The summed E-state index contributed by atoms with van der Waals surface area (Å²) in [5.74, 6) is -0.744. The summed E-state index contributed by atoms with van der Waals surface area (Å²) in [6.07, 6.45) is 0. The van der Waals surface area contributed by atoms with Gasteiger partial charge in [-0.1, -0.05) is 47.5 Å². The Morgan fingerprint density at radius 1 is 0.733 bits per heavy atom. The highest BCUT2D eigenvalue weighted by molar-refractivity contribution is 6.46. The van der Waals surface area contributed by atoms with Crippen molar-refractivity contribution in [2.45, 2.75) is 20.8 Å². The minimum Gasteiger partial charge on any atom is -0.350 e. The van der Waals surface area contributed by atoms with Crippen molar-refractivity contribution in [3.05, 3.63) is 99.7 Å². The molecule has 0 saturated heterocycles. The number of hydrogen-bond acceptors (Lipinski definition) is 3. The third kappa shape index (κ3) is 3.74. The predicted molar refractivity (Wildman–Crippen MR) is 122 cm³/mol. The number of halogens is 1. The topological polar surface area (TPSA) is 49.4 Å². The number of anilines is 2. The van der Waals surface area contributed by atoms with Crippen LogP contribution in [-0.2, 0) is 9.59 Å². The molecular weight excluding hydrogens is 396 g/mol. The first-order valence-electron chi connectivity index (χ1n) is 9.64. The van der Waals surface area contributed by atoms with Gasteiger partial charge in [-0.15, -0.1) is 0 Å². The highest BCUT2D eigenvalue weighted by Crippen LogP contribution is 2.34. The molecule has 0 aromatic heterocycles. The van der Waals surface area contributed by atoms with Crippen molar-refractivity contribution in [3.8, 4) is 0 Å². The number of rotatable bonds is 4. The standard InChI is InChI=1S/C25H21ClN2O2/c1-15-4-10-21(11-5-15)28-24(29)22(18-6-8-19(26)9-7-18)23(25(28)30)27-20-13-16(2)12-17(3)14-20/h4-14,27H,1-3H3. The first kappa shape index (κ1) is 19.9. The maximum Gasteiger partial charge on any atom is 0.282 e. The van der Waals surface area contributed by atoms with Crippen LogP contribution in [-0.4, -0.2) is 11.8 Å². The summed E-state index contributed by atoms with van der Waals surface area (Å²) < 4.78 is 0. The van der Waals surface area contributed by atoms with Gasteiger partial charge in [0.25, 0.3) is 11.8 Å². The van der Waals surface area contributed by atoms with E-state index in [2.05, 4.69) is 11.4 Å². The van der Waals surface area contributed by atoms with E-state index in [0.29, 0.717) is 21.8 Å². The van der Waals surface area contributed by atoms with Crippen molar-refractivity contribution in [1.29, 1.82) is 0 Å². The fourth-order valence-electron chi connectivity index (χ4n) is 3.65. The SMILES string of the molecule is Cc1ccc(N2C(=O)C(Nc3cc(C)cc(C)c3)=C(c3ccc(Cl)cc3)C2=O)cc1. The number of carbonyl (C=O) groups excluding carboxylic acids is 2. The van der Waals surface area contributed by atoms with Crippen LogP contribution in [0.2, 0.25) is 5.02 Å². The summed E-state index contributed by atoms with van der Waals surface area (Å²) in [5, 5.41) is 3.78. The van der Waals surface area contributed by atoms with Crippen LogP contribution in [0.1, 0.15) is 22.3 Å². The highest BCUT2D eigenvalue weighted by Gasteiger charge is 2.40. The fourth-order valence-corrected chi connectivity index (χ4v) is 3.78. The minimum atomic E-state index is -0.382. The van der Waals surface area contributed by atoms with Crippen LogP contribution in [0.4, 0.5) is 11.4 Å². The zero-order chi connectivity index (χ0) is 21.4. The van der Waals surface area contributed by atoms with Crippen LogP contribution < -0.4 is 10.2 Å². The van der Waals surface area contributed by atoms with Gasteiger partial charge in [0.2, 0.25) is 0 Å². The van der Waals surface area contributed by atoms with E-state index in [-0.39, 0.29) is 17.5 Å². The fraction of sp³-hybridized carbons (Fsp3) is 0.120. The van der Waals surface area contributed by atoms with Crippen LogP contribution in [0.3, 0.4) is 0 Å². The van der Waals surface area contributed by atoms with Crippen LogP contribution in [0.5, 0.6) is 0 Å². The molecular formula is C25H21ClN2O2. The molecule has 0 atom stereocenters. The van der Waals surface area contributed by atoms with Gasteiger partial charge in [0.15, 0.2) is 0 Å². The van der Waals surface area contributed by atoms with E-state index >= 15 is 0 Å². The Morgan fingerprint density at radius 2 is 1.33 bits per heavy atom. The maximum absolute atomic E-state index is 13.4. The number of nitrogens with zero attached hydrogens (tertiary/aromatic N) is 1. The average molecular weight is 417 g/mol. The third-order valence-corrected chi connectivity index (χ3v) is 5.25. The second kappa shape index (κ2) is 7.81. The lowest BCUT2D eigenvalue weighted by molar-refractivity contribution is -0.120. The molecule has 0 unspecified atom stereocenters. The lowest BCUT2D eigenvalue weighted by atomic mass is 10.0. The lowest BCUT2D eigenvalue weighted by Crippen LogP contribution is -2.32. The number of aryl methyl sites for hydroxylation is 3. The molecule has 4 rings (SSSR count). The molecule has 0 bridgehead atoms. The summed E-state index contributed by atoms with van der Waals surface area (Å²) in [6.45, 7) is 5.95. The van der Waals surface area contributed by atoms with Crippen molar-refractivity contribution < 1.29 is 9.59 Å². The molecule has 0 saturated carbocycles. The average Bonchev–Trinajstić information content (AvgIpc) is 2.93. The van der Waals surface area contributed by atoms with E-state index in [1.165, 1.54) is 4.90 Å². The molecule has 0 fully saturated rings. The molecule has 3 aromatic rings. The van der Waals surface area contributed by atoms with E-state index in [4.69, 9.17) is 11.6 Å². The number of imide groups is 1. The van der Waals surface area contributed by atoms with Crippen LogP contribution >= 0.6 is 11.6 Å². The molecule has 30 heavy (non-hydrogen) atoms. The van der Waals surface area contributed by atoms with Gasteiger partial charge < -0.3 is 5.32 Å². The van der Waals surface area contributed by atoms with Gasteiger partial charge in [-0.25, -0.2) is 4.90 Å². The van der Waals surface area contributed by atoms with Gasteiger partial charge in [-0.2, -0.15) is 0 Å². The van der Waals surface area contributed by atoms with E-state index in [1.807, 2.05) is 45.0 Å². The van der Waals surface area contributed by atoms with Gasteiger partial charge in [0, 0.05) is 10.7 Å². The third-order valence-electron chi connectivity index (χ3n) is 5.00. The van der Waals surface area contributed by atoms with E-state index < -0.39 is 0 Å². The molecule has 1 N–H and O–H groups in total. The summed E-state index contributed by atoms with van der Waals surface area (Å²) in [6, 6.07) is 20.2. The van der Waals surface area contributed by atoms with Crippen molar-refractivity contribution in [2.24, 2.45) is 0 Å². The van der Waals surface area contributed by atoms with Gasteiger partial charge >= 0.3 is 0 Å². The Bertz CT molecular complexity index is 1160. The van der Waals surface area contributed by atoms with E-state index in [9.17, 15) is 9.59 Å². The smallest absolute Gasteiger partial charge is 0.282 e. The molecule has 1 heterocycles. The molecule has 5 heteroatoms. The number of nitrogens with one attached hydrogen (secondary N) is 1. The van der Waals surface area contributed by atoms with Crippen molar-refractivity contribution in [1.82, 2.24) is 0 Å². The number of carbonyl (C=O) groups is 2. The molecule has 0 aliphatic carbocycles. The van der Waals surface area contributed by atoms with Gasteiger partial charge in [-0.3, -0.25) is 9.59 Å². The predicted octanol–water partition coefficient (Wildman–Crippen LogP) is 5.66. The first-order chi connectivity index (χ1) is 14.3. The number of amides is 2. The molecule has 0 spiro atoms. The second-order valence-electron chi connectivity index (χ2n) is 7.54. The Hall–Kier alpha value is -3.37. The normalized spacial score (nSPS) is 13.9. The summed E-state index contributed by atoms with van der Waals surface area (Å²) in [5.41, 5.74) is 5.72. The molecule has 3 aromatic carbocycles. The maximum atomic E-state index is 13.4. The van der Waals surface area contributed by atoms with Crippen LogP contribution in [0.25, 0.3) is 5.57 Å². The largest absolute Gasteiger partial charge is 0.350 e. The molecule has 1 aliphatic heterocycles. The monoisotopic (exact) mass is 416 g/mol. The van der Waals surface area contributed by atoms with Crippen molar-refractivity contribution in [2.75, 3.05) is 10.2 Å². The Morgan fingerprint density at radius 3 is 1.93 bits per heavy atom. The number of benzene rings is 3. The summed E-state index contributed by atoms with van der Waals surface area (Å²) in [4.78, 5) is 28.0. The first-order valence-corrected chi connectivity index (χ1v) is 10.0. The van der Waals surface area contributed by atoms with E-state index in [1.54, 1.807) is 36.4 Å². The van der Waals surface area contributed by atoms with Gasteiger partial charge in [0.1, 0.15) is 5.70 Å². The zero-order valence-corrected chi connectivity index (χ0v) is 17.7. The molecule has 0 radical (unpaired) electrons. The summed E-state index contributed by atoms with van der Waals surface area (Å²) >= 11 is 6.03. The van der Waals surface area contributed by atoms with Crippen molar-refractivity contribution >= 4 is 40.4 Å². The molecule has 4 nitrogen and oxygen atoms in total. The summed E-state index contributed by atoms with van der Waals surface area (Å²) in [7, 11) is 0. The minimum absolute atomic E-state index is 0.257. The lowest BCUT2D eigenvalue weighted by Gasteiger charge is -2.16. The number of hydrogen-bond donors (Lipinski definition) is 1. The van der Waals surface area contributed by atoms with Crippen LogP contribution in [0.15, 0.2) is 72.4 Å². The Balaban J connectivity index is 1.83. The van der Waals surface area contributed by atoms with Crippen LogP contribution in [0, 0.1) is 20.8 Å². The molecule has 2 amide bonds. The highest BCUT2D eigenvalue weighted by atomic mass is 35.5. The van der Waals surface area contributed by atoms with Gasteiger partial charge in [-0.05, 0) is 73.9 Å². The van der Waals surface area contributed by atoms with Crippen molar-refractivity contribution in [3.63, 3.8) is 0 Å². The Kier molecular flexibility index (Phi) is 5.18. The van der Waals surface area contributed by atoms with E-state index in [0.717, 1.165) is 22.4 Å². The second-order valence-corrected chi connectivity index (χ2v) is 7.98. The zero-order valence-electron chi connectivity index (χ0n) is 17.0.